The fraction of sp³-hybridized carbons (Fsp3) is 0.0667. The second kappa shape index (κ2) is 6.68. The number of carbonyl (C=O) groups excluding carboxylic acids is 2. The summed E-state index contributed by atoms with van der Waals surface area (Å²) in [5, 5.41) is 5.30. The number of rotatable bonds is 2. The molecular weight excluding hydrogens is 325 g/mol. The maximum atomic E-state index is 11.9. The molecule has 0 saturated carbocycles. The van der Waals surface area contributed by atoms with Crippen molar-refractivity contribution in [3.05, 3.63) is 52.0 Å². The number of anilines is 3. The molecule has 0 radical (unpaired) electrons. The van der Waals surface area contributed by atoms with Crippen LogP contribution in [0.15, 0.2) is 36.4 Å². The van der Waals surface area contributed by atoms with Crippen LogP contribution in [0.25, 0.3) is 0 Å². The first-order valence-electron chi connectivity index (χ1n) is 6.31. The zero-order valence-corrected chi connectivity index (χ0v) is 13.1. The minimum Gasteiger partial charge on any atom is -0.397 e. The number of hydrogen-bond donors (Lipinski definition) is 3. The van der Waals surface area contributed by atoms with Crippen LogP contribution in [0.3, 0.4) is 0 Å². The van der Waals surface area contributed by atoms with Crippen molar-refractivity contribution in [1.29, 1.82) is 0 Å². The van der Waals surface area contributed by atoms with Crippen molar-refractivity contribution in [2.24, 2.45) is 0 Å². The summed E-state index contributed by atoms with van der Waals surface area (Å²) in [7, 11) is 0. The maximum absolute atomic E-state index is 11.9. The van der Waals surface area contributed by atoms with Crippen LogP contribution in [0.2, 0.25) is 10.0 Å². The first-order chi connectivity index (χ1) is 10.4. The Kier molecular flexibility index (Phi) is 4.90. The van der Waals surface area contributed by atoms with Gasteiger partial charge in [0, 0.05) is 0 Å². The summed E-state index contributed by atoms with van der Waals surface area (Å²) in [6.45, 7) is 1.85. The molecule has 2 amide bonds. The highest BCUT2D eigenvalue weighted by Gasteiger charge is 2.17. The van der Waals surface area contributed by atoms with E-state index in [-0.39, 0.29) is 15.7 Å². The number of nitrogens with one attached hydrogen (secondary N) is 2. The normalized spacial score (nSPS) is 10.1. The topological polar surface area (TPSA) is 84.2 Å². The van der Waals surface area contributed by atoms with Crippen LogP contribution >= 0.6 is 23.2 Å². The lowest BCUT2D eigenvalue weighted by Crippen LogP contribution is -2.29. The van der Waals surface area contributed by atoms with Gasteiger partial charge in [0.05, 0.1) is 27.1 Å². The van der Waals surface area contributed by atoms with Crippen molar-refractivity contribution >= 4 is 52.1 Å². The van der Waals surface area contributed by atoms with Gasteiger partial charge in [-0.05, 0) is 36.8 Å². The SMILES string of the molecule is Cc1ccc(N)c(NC(=O)C(=O)Nc2cccc(Cl)c2Cl)c1. The predicted molar refractivity (Wildman–Crippen MR) is 89.3 cm³/mol. The smallest absolute Gasteiger partial charge is 0.314 e. The Morgan fingerprint density at radius 1 is 1.00 bits per heavy atom. The Balaban J connectivity index is 2.11. The molecule has 0 atom stereocenters. The van der Waals surface area contributed by atoms with Gasteiger partial charge in [-0.3, -0.25) is 9.59 Å². The summed E-state index contributed by atoms with van der Waals surface area (Å²) >= 11 is 11.8. The number of carbonyl (C=O) groups is 2. The van der Waals surface area contributed by atoms with Crippen LogP contribution in [0.1, 0.15) is 5.56 Å². The van der Waals surface area contributed by atoms with E-state index >= 15 is 0 Å². The van der Waals surface area contributed by atoms with Gasteiger partial charge >= 0.3 is 11.8 Å². The summed E-state index contributed by atoms with van der Waals surface area (Å²) in [6, 6.07) is 9.86. The van der Waals surface area contributed by atoms with Crippen molar-refractivity contribution in [3.63, 3.8) is 0 Å². The van der Waals surface area contributed by atoms with Gasteiger partial charge in [0.25, 0.3) is 0 Å². The van der Waals surface area contributed by atoms with Crippen molar-refractivity contribution in [3.8, 4) is 0 Å². The van der Waals surface area contributed by atoms with Crippen LogP contribution < -0.4 is 16.4 Å². The molecule has 0 aliphatic heterocycles. The molecule has 0 saturated heterocycles. The first kappa shape index (κ1) is 16.1. The standard InChI is InChI=1S/C15H13Cl2N3O2/c1-8-5-6-10(18)12(7-8)20-15(22)14(21)19-11-4-2-3-9(16)13(11)17/h2-7H,18H2,1H3,(H,19,21)(H,20,22). The molecule has 114 valence electrons. The summed E-state index contributed by atoms with van der Waals surface area (Å²) < 4.78 is 0. The average Bonchev–Trinajstić information content (AvgIpc) is 2.47. The number of amides is 2. The van der Waals surface area contributed by atoms with Crippen molar-refractivity contribution in [2.45, 2.75) is 6.92 Å². The molecule has 5 nitrogen and oxygen atoms in total. The number of aryl methyl sites for hydroxylation is 1. The number of nitrogen functional groups attached to an aromatic ring is 1. The largest absolute Gasteiger partial charge is 0.397 e. The van der Waals surface area contributed by atoms with Gasteiger partial charge in [-0.25, -0.2) is 0 Å². The van der Waals surface area contributed by atoms with Crippen molar-refractivity contribution < 1.29 is 9.59 Å². The van der Waals surface area contributed by atoms with Crippen LogP contribution in [-0.4, -0.2) is 11.8 Å². The van der Waals surface area contributed by atoms with Crippen LogP contribution in [0.5, 0.6) is 0 Å². The Bertz CT molecular complexity index is 734. The molecule has 4 N–H and O–H groups in total. The molecule has 0 aliphatic carbocycles. The molecule has 0 aromatic heterocycles. The Hall–Kier alpha value is -2.24. The quantitative estimate of drug-likeness (QED) is 0.579. The summed E-state index contributed by atoms with van der Waals surface area (Å²) in [4.78, 5) is 23.8. The van der Waals surface area contributed by atoms with Crippen LogP contribution in [0, 0.1) is 6.92 Å². The molecular formula is C15H13Cl2N3O2. The maximum Gasteiger partial charge on any atom is 0.314 e. The van der Waals surface area contributed by atoms with Crippen molar-refractivity contribution in [2.75, 3.05) is 16.4 Å². The fourth-order valence-electron chi connectivity index (χ4n) is 1.74. The molecule has 2 aromatic carbocycles. The molecule has 2 rings (SSSR count). The Labute approximate surface area is 137 Å². The average molecular weight is 338 g/mol. The van der Waals surface area contributed by atoms with Gasteiger partial charge in [0.2, 0.25) is 0 Å². The van der Waals surface area contributed by atoms with E-state index in [4.69, 9.17) is 28.9 Å². The van der Waals surface area contributed by atoms with Crippen LogP contribution in [-0.2, 0) is 9.59 Å². The molecule has 0 spiro atoms. The predicted octanol–water partition coefficient (Wildman–Crippen LogP) is 3.46. The van der Waals surface area contributed by atoms with E-state index in [0.29, 0.717) is 11.4 Å². The summed E-state index contributed by atoms with van der Waals surface area (Å²) in [5.41, 5.74) is 7.65. The van der Waals surface area contributed by atoms with Gasteiger partial charge in [-0.2, -0.15) is 0 Å². The van der Waals surface area contributed by atoms with Gasteiger partial charge in [0.1, 0.15) is 0 Å². The lowest BCUT2D eigenvalue weighted by Gasteiger charge is -2.10. The Morgan fingerprint density at radius 2 is 1.64 bits per heavy atom. The zero-order chi connectivity index (χ0) is 16.3. The molecule has 0 aliphatic rings. The van der Waals surface area contributed by atoms with E-state index in [1.54, 1.807) is 36.4 Å². The van der Waals surface area contributed by atoms with Gasteiger partial charge in [0.15, 0.2) is 0 Å². The van der Waals surface area contributed by atoms with E-state index in [1.165, 1.54) is 0 Å². The molecule has 0 unspecified atom stereocenters. The summed E-state index contributed by atoms with van der Waals surface area (Å²) in [5.74, 6) is -1.72. The third kappa shape index (κ3) is 3.69. The minimum atomic E-state index is -0.870. The van der Waals surface area contributed by atoms with Gasteiger partial charge in [-0.15, -0.1) is 0 Å². The third-order valence-electron chi connectivity index (χ3n) is 2.86. The lowest BCUT2D eigenvalue weighted by molar-refractivity contribution is -0.132. The number of halogens is 2. The molecule has 22 heavy (non-hydrogen) atoms. The van der Waals surface area contributed by atoms with E-state index < -0.39 is 11.8 Å². The first-order valence-corrected chi connectivity index (χ1v) is 7.06. The number of nitrogens with two attached hydrogens (primary N) is 1. The molecule has 0 heterocycles. The fourth-order valence-corrected chi connectivity index (χ4v) is 2.08. The molecule has 0 bridgehead atoms. The van der Waals surface area contributed by atoms with E-state index in [1.807, 2.05) is 6.92 Å². The lowest BCUT2D eigenvalue weighted by atomic mass is 10.2. The number of hydrogen-bond acceptors (Lipinski definition) is 3. The van der Waals surface area contributed by atoms with Gasteiger partial charge < -0.3 is 16.4 Å². The molecule has 2 aromatic rings. The van der Waals surface area contributed by atoms with E-state index in [9.17, 15) is 9.59 Å². The zero-order valence-electron chi connectivity index (χ0n) is 11.6. The highest BCUT2D eigenvalue weighted by atomic mass is 35.5. The van der Waals surface area contributed by atoms with Crippen LogP contribution in [0.4, 0.5) is 17.1 Å². The summed E-state index contributed by atoms with van der Waals surface area (Å²) in [6.07, 6.45) is 0. The van der Waals surface area contributed by atoms with E-state index in [0.717, 1.165) is 5.56 Å². The van der Waals surface area contributed by atoms with Gasteiger partial charge in [-0.1, -0.05) is 35.3 Å². The number of benzene rings is 2. The molecule has 0 fully saturated rings. The Morgan fingerprint density at radius 3 is 2.32 bits per heavy atom. The second-order valence-corrected chi connectivity index (χ2v) is 5.39. The van der Waals surface area contributed by atoms with Crippen molar-refractivity contribution in [1.82, 2.24) is 0 Å². The molecule has 7 heteroatoms. The highest BCUT2D eigenvalue weighted by Crippen LogP contribution is 2.29. The highest BCUT2D eigenvalue weighted by molar-refractivity contribution is 6.47. The van der Waals surface area contributed by atoms with E-state index in [2.05, 4.69) is 10.6 Å². The second-order valence-electron chi connectivity index (χ2n) is 4.60. The minimum absolute atomic E-state index is 0.167. The third-order valence-corrected chi connectivity index (χ3v) is 3.68. The monoisotopic (exact) mass is 337 g/mol.